The van der Waals surface area contributed by atoms with E-state index in [0.29, 0.717) is 0 Å². The molecule has 0 radical (unpaired) electrons. The summed E-state index contributed by atoms with van der Waals surface area (Å²) in [5.74, 6) is 0.904. The molecule has 0 aromatic carbocycles. The van der Waals surface area contributed by atoms with Crippen LogP contribution in [-0.4, -0.2) is 18.8 Å². The molecule has 1 aliphatic heterocycles. The Morgan fingerprint density at radius 2 is 2.00 bits per heavy atom. The summed E-state index contributed by atoms with van der Waals surface area (Å²) in [5, 5.41) is 0. The second-order valence-corrected chi connectivity index (χ2v) is 4.69. The number of ether oxygens (including phenoxy) is 1. The molecule has 0 spiro atoms. The third kappa shape index (κ3) is 2.05. The summed E-state index contributed by atoms with van der Waals surface area (Å²) in [5.41, 5.74) is 5.90. The van der Waals surface area contributed by atoms with Crippen molar-refractivity contribution in [1.29, 1.82) is 0 Å². The number of rotatable bonds is 3. The lowest BCUT2D eigenvalue weighted by molar-refractivity contribution is -0.00721. The van der Waals surface area contributed by atoms with E-state index < -0.39 is 0 Å². The van der Waals surface area contributed by atoms with Gasteiger partial charge in [0.1, 0.15) is 0 Å². The topological polar surface area (TPSA) is 35.2 Å². The summed E-state index contributed by atoms with van der Waals surface area (Å²) < 4.78 is 5.83. The first kappa shape index (κ1) is 9.47. The van der Waals surface area contributed by atoms with E-state index in [2.05, 4.69) is 0 Å². The molecule has 0 amide bonds. The van der Waals surface area contributed by atoms with Crippen LogP contribution in [-0.2, 0) is 4.74 Å². The first-order valence-corrected chi connectivity index (χ1v) is 5.69. The number of nitrogens with two attached hydrogens (primary N) is 1. The summed E-state index contributed by atoms with van der Waals surface area (Å²) in [6, 6.07) is 0. The van der Waals surface area contributed by atoms with Crippen molar-refractivity contribution in [1.82, 2.24) is 0 Å². The molecular weight excluding hydrogens is 162 g/mol. The van der Waals surface area contributed by atoms with Crippen molar-refractivity contribution in [2.45, 2.75) is 50.5 Å². The van der Waals surface area contributed by atoms with Gasteiger partial charge in [0.25, 0.3) is 0 Å². The van der Waals surface area contributed by atoms with Crippen LogP contribution in [0.3, 0.4) is 0 Å². The van der Waals surface area contributed by atoms with Gasteiger partial charge in [0, 0.05) is 13.2 Å². The zero-order valence-corrected chi connectivity index (χ0v) is 8.43. The zero-order chi connectivity index (χ0) is 9.15. The molecule has 0 aromatic heterocycles. The molecule has 1 saturated carbocycles. The maximum Gasteiger partial charge on any atom is 0.0807 e. The van der Waals surface area contributed by atoms with E-state index >= 15 is 0 Å². The molecule has 76 valence electrons. The van der Waals surface area contributed by atoms with E-state index in [-0.39, 0.29) is 5.60 Å². The number of hydrogen-bond acceptors (Lipinski definition) is 2. The van der Waals surface area contributed by atoms with Crippen molar-refractivity contribution in [2.75, 3.05) is 13.2 Å². The van der Waals surface area contributed by atoms with Crippen molar-refractivity contribution >= 4 is 0 Å². The average Bonchev–Trinajstić information content (AvgIpc) is 2.77. The minimum absolute atomic E-state index is 0.0784. The summed E-state index contributed by atoms with van der Waals surface area (Å²) in [6.45, 7) is 1.66. The van der Waals surface area contributed by atoms with Crippen molar-refractivity contribution in [3.05, 3.63) is 0 Å². The van der Waals surface area contributed by atoms with E-state index in [1.165, 1.54) is 44.9 Å². The van der Waals surface area contributed by atoms with Crippen molar-refractivity contribution in [2.24, 2.45) is 11.7 Å². The second kappa shape index (κ2) is 3.97. The van der Waals surface area contributed by atoms with Crippen molar-refractivity contribution < 1.29 is 4.74 Å². The normalized spacial score (nSPS) is 35.8. The molecule has 1 atom stereocenters. The maximum atomic E-state index is 5.83. The molecule has 1 aliphatic carbocycles. The van der Waals surface area contributed by atoms with Crippen LogP contribution in [0.15, 0.2) is 0 Å². The fraction of sp³-hybridized carbons (Fsp3) is 1.00. The van der Waals surface area contributed by atoms with Crippen LogP contribution in [0.1, 0.15) is 44.9 Å². The van der Waals surface area contributed by atoms with Gasteiger partial charge in [-0.1, -0.05) is 25.7 Å². The maximum absolute atomic E-state index is 5.83. The summed E-state index contributed by atoms with van der Waals surface area (Å²) in [7, 11) is 0. The van der Waals surface area contributed by atoms with Gasteiger partial charge in [-0.25, -0.2) is 0 Å². The average molecular weight is 183 g/mol. The third-order valence-corrected chi connectivity index (χ3v) is 3.69. The molecule has 1 saturated heterocycles. The molecule has 0 aromatic rings. The molecule has 1 heterocycles. The molecule has 2 aliphatic rings. The Labute approximate surface area is 80.8 Å². The predicted molar refractivity (Wildman–Crippen MR) is 53.5 cm³/mol. The molecule has 2 fully saturated rings. The van der Waals surface area contributed by atoms with Crippen molar-refractivity contribution in [3.8, 4) is 0 Å². The van der Waals surface area contributed by atoms with Crippen LogP contribution in [0, 0.1) is 5.92 Å². The number of hydrogen-bond donors (Lipinski definition) is 1. The summed E-state index contributed by atoms with van der Waals surface area (Å²) in [4.78, 5) is 0. The van der Waals surface area contributed by atoms with Gasteiger partial charge in [-0.05, 0) is 25.2 Å². The zero-order valence-electron chi connectivity index (χ0n) is 8.43. The van der Waals surface area contributed by atoms with Gasteiger partial charge in [-0.3, -0.25) is 0 Å². The molecule has 2 N–H and O–H groups in total. The van der Waals surface area contributed by atoms with Crippen LogP contribution in [0.5, 0.6) is 0 Å². The van der Waals surface area contributed by atoms with Gasteiger partial charge in [-0.15, -0.1) is 0 Å². The predicted octanol–water partition coefficient (Wildman–Crippen LogP) is 2.07. The van der Waals surface area contributed by atoms with E-state index in [1.807, 2.05) is 0 Å². The highest BCUT2D eigenvalue weighted by atomic mass is 16.5. The summed E-state index contributed by atoms with van der Waals surface area (Å²) >= 11 is 0. The highest BCUT2D eigenvalue weighted by molar-refractivity contribution is 4.89. The Balaban J connectivity index is 1.88. The van der Waals surface area contributed by atoms with Crippen LogP contribution in [0.2, 0.25) is 0 Å². The Hall–Kier alpha value is -0.0800. The van der Waals surface area contributed by atoms with Crippen molar-refractivity contribution in [3.63, 3.8) is 0 Å². The summed E-state index contributed by atoms with van der Waals surface area (Å²) in [6.07, 6.45) is 9.29. The Morgan fingerprint density at radius 1 is 1.23 bits per heavy atom. The quantitative estimate of drug-likeness (QED) is 0.727. The Morgan fingerprint density at radius 3 is 2.54 bits per heavy atom. The minimum Gasteiger partial charge on any atom is -0.374 e. The monoisotopic (exact) mass is 183 g/mol. The Bertz CT molecular complexity index is 157. The van der Waals surface area contributed by atoms with E-state index in [4.69, 9.17) is 10.5 Å². The van der Waals surface area contributed by atoms with Gasteiger partial charge >= 0.3 is 0 Å². The molecule has 1 unspecified atom stereocenters. The van der Waals surface area contributed by atoms with Crippen LogP contribution < -0.4 is 5.73 Å². The standard InChI is InChI=1S/C11H21NO/c12-9-11(6-3-7-13-11)8-10-4-1-2-5-10/h10H,1-9,12H2. The van der Waals surface area contributed by atoms with E-state index in [1.54, 1.807) is 0 Å². The van der Waals surface area contributed by atoms with Crippen LogP contribution in [0.25, 0.3) is 0 Å². The second-order valence-electron chi connectivity index (χ2n) is 4.69. The van der Waals surface area contributed by atoms with E-state index in [9.17, 15) is 0 Å². The molecule has 2 nitrogen and oxygen atoms in total. The lowest BCUT2D eigenvalue weighted by Gasteiger charge is -2.29. The molecule has 2 heteroatoms. The highest BCUT2D eigenvalue weighted by Gasteiger charge is 2.36. The smallest absolute Gasteiger partial charge is 0.0807 e. The van der Waals surface area contributed by atoms with Gasteiger partial charge in [0.15, 0.2) is 0 Å². The van der Waals surface area contributed by atoms with Crippen LogP contribution in [0.4, 0.5) is 0 Å². The van der Waals surface area contributed by atoms with Crippen LogP contribution >= 0.6 is 0 Å². The van der Waals surface area contributed by atoms with E-state index in [0.717, 1.165) is 19.1 Å². The van der Waals surface area contributed by atoms with Gasteiger partial charge in [-0.2, -0.15) is 0 Å². The lowest BCUT2D eigenvalue weighted by atomic mass is 9.87. The molecule has 0 bridgehead atoms. The third-order valence-electron chi connectivity index (χ3n) is 3.69. The molecule has 2 rings (SSSR count). The highest BCUT2D eigenvalue weighted by Crippen LogP contribution is 2.37. The van der Waals surface area contributed by atoms with Gasteiger partial charge < -0.3 is 10.5 Å². The fourth-order valence-electron chi connectivity index (χ4n) is 2.90. The molecule has 13 heavy (non-hydrogen) atoms. The molecular formula is C11H21NO. The Kier molecular flexibility index (Phi) is 2.89. The lowest BCUT2D eigenvalue weighted by Crippen LogP contribution is -2.38. The fourth-order valence-corrected chi connectivity index (χ4v) is 2.90. The first-order chi connectivity index (χ1) is 6.35. The SMILES string of the molecule is NCC1(CC2CCCC2)CCCO1. The first-order valence-electron chi connectivity index (χ1n) is 5.69. The van der Waals surface area contributed by atoms with Gasteiger partial charge in [0.2, 0.25) is 0 Å². The van der Waals surface area contributed by atoms with Gasteiger partial charge in [0.05, 0.1) is 5.60 Å². The largest absolute Gasteiger partial charge is 0.374 e. The minimum atomic E-state index is 0.0784.